The Bertz CT molecular complexity index is 1350. The van der Waals surface area contributed by atoms with Crippen molar-refractivity contribution in [1.29, 1.82) is 0 Å². The molecule has 0 radical (unpaired) electrons. The van der Waals surface area contributed by atoms with Crippen LogP contribution in [0, 0.1) is 12.7 Å². The number of benzene rings is 2. The molecule has 3 heterocycles. The van der Waals surface area contributed by atoms with Crippen LogP contribution in [0.2, 0.25) is 0 Å². The molecule has 5 rings (SSSR count). The molecule has 2 aromatic heterocycles. The van der Waals surface area contributed by atoms with Crippen molar-refractivity contribution in [3.63, 3.8) is 0 Å². The van der Waals surface area contributed by atoms with Crippen molar-refractivity contribution in [2.45, 2.75) is 38.4 Å². The van der Waals surface area contributed by atoms with Crippen LogP contribution in [0.25, 0.3) is 21.3 Å². The third-order valence-electron chi connectivity index (χ3n) is 6.44. The number of para-hydroxylation sites is 1. The monoisotopic (exact) mass is 489 g/mol. The second-order valence-electron chi connectivity index (χ2n) is 8.99. The molecular weight excluding hydrogens is 461 g/mol. The van der Waals surface area contributed by atoms with Gasteiger partial charge in [0.1, 0.15) is 11.5 Å². The van der Waals surface area contributed by atoms with Crippen LogP contribution in [0.1, 0.15) is 33.9 Å². The van der Waals surface area contributed by atoms with Gasteiger partial charge in [-0.3, -0.25) is 9.78 Å². The van der Waals surface area contributed by atoms with Gasteiger partial charge in [-0.05, 0) is 49.1 Å². The average molecular weight is 490 g/mol. The number of nitrogens with two attached hydrogens (primary N) is 1. The highest BCUT2D eigenvalue weighted by molar-refractivity contribution is 7.15. The first-order valence-corrected chi connectivity index (χ1v) is 12.6. The number of carbonyl (C=O) groups excluding carboxylic acids is 1. The number of thiazole rings is 1. The number of hydrogen-bond donors (Lipinski definition) is 2. The van der Waals surface area contributed by atoms with E-state index >= 15 is 0 Å². The SMILES string of the molecule is Cc1nc(C(=O)N2CC(N)CCC2CNCc2cccc3cccnc23)c(-c2cccc(F)c2)s1. The van der Waals surface area contributed by atoms with E-state index in [0.29, 0.717) is 35.8 Å². The molecule has 4 aromatic rings. The number of pyridine rings is 1. The van der Waals surface area contributed by atoms with E-state index in [2.05, 4.69) is 33.5 Å². The van der Waals surface area contributed by atoms with E-state index in [9.17, 15) is 9.18 Å². The number of likely N-dealkylation sites (tertiary alicyclic amines) is 1. The molecule has 8 heteroatoms. The van der Waals surface area contributed by atoms with Gasteiger partial charge >= 0.3 is 0 Å². The van der Waals surface area contributed by atoms with Crippen molar-refractivity contribution in [2.75, 3.05) is 13.1 Å². The van der Waals surface area contributed by atoms with E-state index in [1.165, 1.54) is 23.5 Å². The molecule has 0 spiro atoms. The average Bonchev–Trinajstić information content (AvgIpc) is 3.26. The number of aryl methyl sites for hydroxylation is 1. The number of piperidine rings is 1. The Morgan fingerprint density at radius 3 is 2.89 bits per heavy atom. The van der Waals surface area contributed by atoms with E-state index in [4.69, 9.17) is 5.73 Å². The van der Waals surface area contributed by atoms with E-state index in [1.54, 1.807) is 12.3 Å². The van der Waals surface area contributed by atoms with Crippen molar-refractivity contribution in [3.8, 4) is 10.4 Å². The van der Waals surface area contributed by atoms with Gasteiger partial charge < -0.3 is 16.0 Å². The number of nitrogens with one attached hydrogen (secondary N) is 1. The number of hydrogen-bond acceptors (Lipinski definition) is 6. The van der Waals surface area contributed by atoms with Crippen LogP contribution in [0.15, 0.2) is 60.8 Å². The van der Waals surface area contributed by atoms with Gasteiger partial charge in [-0.15, -0.1) is 11.3 Å². The standard InChI is InChI=1S/C27H28FN5OS/c1-17-32-25(26(35-17)19-6-3-9-21(28)13-19)27(34)33-16-22(29)10-11-23(33)15-30-14-20-7-2-5-18-8-4-12-31-24(18)20/h2-9,12-13,22-23,30H,10-11,14-16,29H2,1H3. The third kappa shape index (κ3) is 5.10. The van der Waals surface area contributed by atoms with Crippen molar-refractivity contribution < 1.29 is 9.18 Å². The third-order valence-corrected chi connectivity index (χ3v) is 7.46. The molecule has 2 atom stereocenters. The van der Waals surface area contributed by atoms with Crippen molar-refractivity contribution in [1.82, 2.24) is 20.2 Å². The van der Waals surface area contributed by atoms with E-state index < -0.39 is 0 Å². The molecule has 180 valence electrons. The minimum atomic E-state index is -0.336. The molecular formula is C27H28FN5OS. The molecule has 6 nitrogen and oxygen atoms in total. The number of amides is 1. The number of halogens is 1. The predicted octanol–water partition coefficient (Wildman–Crippen LogP) is 4.53. The Labute approximate surface area is 208 Å². The summed E-state index contributed by atoms with van der Waals surface area (Å²) < 4.78 is 13.9. The van der Waals surface area contributed by atoms with Gasteiger partial charge in [-0.1, -0.05) is 36.4 Å². The molecule has 1 aliphatic rings. The first-order chi connectivity index (χ1) is 17.0. The van der Waals surface area contributed by atoms with E-state index in [-0.39, 0.29) is 23.8 Å². The molecule has 35 heavy (non-hydrogen) atoms. The molecule has 1 amide bonds. The van der Waals surface area contributed by atoms with Crippen LogP contribution in [-0.4, -0.2) is 45.9 Å². The normalized spacial score (nSPS) is 18.2. The smallest absolute Gasteiger partial charge is 0.274 e. The summed E-state index contributed by atoms with van der Waals surface area (Å²) in [5.74, 6) is -0.487. The maximum atomic E-state index is 13.9. The predicted molar refractivity (Wildman–Crippen MR) is 138 cm³/mol. The molecule has 0 bridgehead atoms. The Kier molecular flexibility index (Phi) is 6.86. The van der Waals surface area contributed by atoms with Gasteiger partial charge in [0.15, 0.2) is 0 Å². The summed E-state index contributed by atoms with van der Waals surface area (Å²) in [6.07, 6.45) is 3.48. The van der Waals surface area contributed by atoms with Crippen LogP contribution in [0.3, 0.4) is 0 Å². The first-order valence-electron chi connectivity index (χ1n) is 11.8. The van der Waals surface area contributed by atoms with Crippen LogP contribution < -0.4 is 11.1 Å². The lowest BCUT2D eigenvalue weighted by molar-refractivity contribution is 0.0583. The summed E-state index contributed by atoms with van der Waals surface area (Å²) in [7, 11) is 0. The molecule has 1 aliphatic heterocycles. The molecule has 1 fully saturated rings. The molecule has 3 N–H and O–H groups in total. The van der Waals surface area contributed by atoms with Crippen LogP contribution in [0.5, 0.6) is 0 Å². The molecule has 2 unspecified atom stereocenters. The van der Waals surface area contributed by atoms with Crippen molar-refractivity contribution >= 4 is 28.1 Å². The van der Waals surface area contributed by atoms with Gasteiger partial charge in [0.25, 0.3) is 5.91 Å². The van der Waals surface area contributed by atoms with Crippen molar-refractivity contribution in [2.24, 2.45) is 5.73 Å². The summed E-state index contributed by atoms with van der Waals surface area (Å²) in [6.45, 7) is 3.63. The zero-order valence-corrected chi connectivity index (χ0v) is 20.4. The zero-order valence-electron chi connectivity index (χ0n) is 19.6. The lowest BCUT2D eigenvalue weighted by Crippen LogP contribution is -2.54. The van der Waals surface area contributed by atoms with Crippen LogP contribution in [-0.2, 0) is 6.54 Å². The van der Waals surface area contributed by atoms with Gasteiger partial charge in [0.2, 0.25) is 0 Å². The van der Waals surface area contributed by atoms with Gasteiger partial charge in [-0.25, -0.2) is 9.37 Å². The lowest BCUT2D eigenvalue weighted by atomic mass is 9.97. The summed E-state index contributed by atoms with van der Waals surface area (Å²) in [4.78, 5) is 25.4. The molecule has 2 aromatic carbocycles. The quantitative estimate of drug-likeness (QED) is 0.416. The highest BCUT2D eigenvalue weighted by Gasteiger charge is 2.33. The zero-order chi connectivity index (χ0) is 24.4. The van der Waals surface area contributed by atoms with E-state index in [0.717, 1.165) is 34.3 Å². The minimum absolute atomic E-state index is 0.00685. The maximum Gasteiger partial charge on any atom is 0.274 e. The summed E-state index contributed by atoms with van der Waals surface area (Å²) in [5, 5.41) is 5.41. The number of fused-ring (bicyclic) bond motifs is 1. The maximum absolute atomic E-state index is 13.9. The topological polar surface area (TPSA) is 84.1 Å². The summed E-state index contributed by atoms with van der Waals surface area (Å²) >= 11 is 1.41. The fraction of sp³-hybridized carbons (Fsp3) is 0.296. The fourth-order valence-corrected chi connectivity index (χ4v) is 5.64. The fourth-order valence-electron chi connectivity index (χ4n) is 4.73. The van der Waals surface area contributed by atoms with Gasteiger partial charge in [-0.2, -0.15) is 0 Å². The Hall–Kier alpha value is -3.20. The second kappa shape index (κ2) is 10.2. The number of nitrogens with zero attached hydrogens (tertiary/aromatic N) is 3. The number of aromatic nitrogens is 2. The Morgan fingerprint density at radius 2 is 2.03 bits per heavy atom. The Morgan fingerprint density at radius 1 is 1.20 bits per heavy atom. The summed E-state index contributed by atoms with van der Waals surface area (Å²) in [5.41, 5.74) is 9.41. The molecule has 0 saturated carbocycles. The number of rotatable bonds is 6. The molecule has 1 saturated heterocycles. The highest BCUT2D eigenvalue weighted by atomic mass is 32.1. The summed E-state index contributed by atoms with van der Waals surface area (Å²) in [6, 6.07) is 16.4. The lowest BCUT2D eigenvalue weighted by Gasteiger charge is -2.38. The van der Waals surface area contributed by atoms with Gasteiger partial charge in [0.05, 0.1) is 15.4 Å². The second-order valence-corrected chi connectivity index (χ2v) is 10.2. The van der Waals surface area contributed by atoms with Crippen LogP contribution >= 0.6 is 11.3 Å². The van der Waals surface area contributed by atoms with Crippen molar-refractivity contribution in [3.05, 3.63) is 82.9 Å². The first kappa shape index (κ1) is 23.5. The van der Waals surface area contributed by atoms with Gasteiger partial charge in [0, 0.05) is 43.3 Å². The minimum Gasteiger partial charge on any atom is -0.331 e. The van der Waals surface area contributed by atoms with E-state index in [1.807, 2.05) is 30.0 Å². The highest BCUT2D eigenvalue weighted by Crippen LogP contribution is 2.32. The van der Waals surface area contributed by atoms with Crippen LogP contribution in [0.4, 0.5) is 4.39 Å². The largest absolute Gasteiger partial charge is 0.331 e. The Balaban J connectivity index is 1.35. The number of carbonyl (C=O) groups is 1. The molecule has 0 aliphatic carbocycles.